The van der Waals surface area contributed by atoms with E-state index in [0.29, 0.717) is 6.42 Å². The first kappa shape index (κ1) is 21.8. The highest BCUT2D eigenvalue weighted by atomic mass is 16.2. The average molecular weight is 405 g/mol. The van der Waals surface area contributed by atoms with Gasteiger partial charge in [0.05, 0.1) is 0 Å². The Labute approximate surface area is 187 Å². The lowest BCUT2D eigenvalue weighted by molar-refractivity contribution is 0.299. The fourth-order valence-electron chi connectivity index (χ4n) is 3.92. The molecule has 0 aliphatic carbocycles. The van der Waals surface area contributed by atoms with E-state index in [9.17, 15) is 5.11 Å². The third kappa shape index (κ3) is 5.17. The van der Waals surface area contributed by atoms with Gasteiger partial charge in [0.15, 0.2) is 0 Å². The van der Waals surface area contributed by atoms with Crippen molar-refractivity contribution in [3.8, 4) is 22.3 Å². The van der Waals surface area contributed by atoms with Gasteiger partial charge in [0.1, 0.15) is 0 Å². The van der Waals surface area contributed by atoms with Crippen LogP contribution in [0.5, 0.6) is 0 Å². The normalized spacial score (nSPS) is 10.7. The van der Waals surface area contributed by atoms with E-state index in [2.05, 4.69) is 80.7 Å². The van der Waals surface area contributed by atoms with Crippen LogP contribution >= 0.6 is 0 Å². The van der Waals surface area contributed by atoms with Crippen molar-refractivity contribution in [1.29, 1.82) is 0 Å². The van der Waals surface area contributed by atoms with Crippen LogP contribution in [0.25, 0.3) is 34.4 Å². The van der Waals surface area contributed by atoms with Crippen LogP contribution in [0.1, 0.15) is 54.1 Å². The second-order valence-corrected chi connectivity index (χ2v) is 7.76. The van der Waals surface area contributed by atoms with Crippen molar-refractivity contribution in [2.24, 2.45) is 0 Å². The van der Waals surface area contributed by atoms with E-state index in [1.54, 1.807) is 0 Å². The van der Waals surface area contributed by atoms with Gasteiger partial charge in [-0.15, -0.1) is 0 Å². The summed E-state index contributed by atoms with van der Waals surface area (Å²) in [7, 11) is 0. The van der Waals surface area contributed by atoms with Crippen molar-refractivity contribution < 1.29 is 10.8 Å². The second kappa shape index (κ2) is 10.8. The molecule has 0 unspecified atom stereocenters. The molecule has 0 aliphatic rings. The van der Waals surface area contributed by atoms with Crippen molar-refractivity contribution in [3.63, 3.8) is 0 Å². The summed E-state index contributed by atoms with van der Waals surface area (Å²) >= 11 is 0. The number of benzene rings is 3. The number of aryl methyl sites for hydroxylation is 1. The van der Waals surface area contributed by atoms with Gasteiger partial charge in [0.25, 0.3) is 0 Å². The number of hydrogen-bond donors (Lipinski definition) is 1. The van der Waals surface area contributed by atoms with E-state index in [4.69, 9.17) is 0 Å². The van der Waals surface area contributed by atoms with Gasteiger partial charge in [-0.3, -0.25) is 0 Å². The summed E-state index contributed by atoms with van der Waals surface area (Å²) in [6.45, 7) is 10.4. The Balaban J connectivity index is 0. The average Bonchev–Trinajstić information content (AvgIpc) is 2.79. The van der Waals surface area contributed by atoms with Crippen molar-refractivity contribution in [2.75, 3.05) is 6.61 Å². The van der Waals surface area contributed by atoms with Gasteiger partial charge in [0.2, 0.25) is 0 Å². The van der Waals surface area contributed by atoms with E-state index in [0.717, 1.165) is 34.2 Å². The molecule has 0 saturated carbocycles. The molecule has 0 fully saturated rings. The number of aliphatic hydroxyl groups excluding tert-OH is 1. The summed E-state index contributed by atoms with van der Waals surface area (Å²) in [6, 6.07) is 21.8. The minimum absolute atomic E-state index is 0. The molecular weight excluding hydrogens is 364 g/mol. The van der Waals surface area contributed by atoms with Gasteiger partial charge in [0, 0.05) is 12.3 Å². The largest absolute Gasteiger partial charge is 0.396 e. The first-order chi connectivity index (χ1) is 14.7. The SMILES string of the molecule is C=Cc1cc(CCO)ccc1-c1ccc(-c2ccc(CCCCC)cc2)c(C=C)c1.[HH].[HH].[HH].[HH]. The third-order valence-corrected chi connectivity index (χ3v) is 5.65. The second-order valence-electron chi connectivity index (χ2n) is 7.76. The van der Waals surface area contributed by atoms with Crippen LogP contribution in [0.4, 0.5) is 0 Å². The molecule has 0 saturated heterocycles. The van der Waals surface area contributed by atoms with Gasteiger partial charge >= 0.3 is 0 Å². The van der Waals surface area contributed by atoms with Gasteiger partial charge in [-0.05, 0) is 69.8 Å². The Kier molecular flexibility index (Phi) is 7.82. The Hall–Kier alpha value is -2.90. The number of aliphatic hydroxyl groups is 1. The highest BCUT2D eigenvalue weighted by molar-refractivity contribution is 5.82. The summed E-state index contributed by atoms with van der Waals surface area (Å²) in [5.41, 5.74) is 9.45. The molecule has 0 radical (unpaired) electrons. The lowest BCUT2D eigenvalue weighted by Crippen LogP contribution is -1.93. The fourth-order valence-corrected chi connectivity index (χ4v) is 3.92. The van der Waals surface area contributed by atoms with E-state index < -0.39 is 0 Å². The lowest BCUT2D eigenvalue weighted by atomic mass is 9.91. The Bertz CT molecular complexity index is 1010. The summed E-state index contributed by atoms with van der Waals surface area (Å²) in [6.07, 6.45) is 9.43. The standard InChI is InChI=1S/C29H32O.4H2/c1-4-7-8-9-22-10-13-26(14-11-22)28-17-15-27(21-25(28)6-3)29-16-12-23(18-19-30)20-24(29)5-2;;;;/h5-6,10-17,20-21,30H,2-4,7-9,18-19H2,1H3;4*1H. The summed E-state index contributed by atoms with van der Waals surface area (Å²) in [5, 5.41) is 9.21. The van der Waals surface area contributed by atoms with Crippen molar-refractivity contribution in [1.82, 2.24) is 0 Å². The van der Waals surface area contributed by atoms with Crippen molar-refractivity contribution in [3.05, 3.63) is 96.1 Å². The molecular formula is C29H40O. The van der Waals surface area contributed by atoms with E-state index in [1.807, 2.05) is 12.2 Å². The first-order valence-corrected chi connectivity index (χ1v) is 10.9. The molecule has 1 heteroatoms. The topological polar surface area (TPSA) is 20.2 Å². The molecule has 3 rings (SSSR count). The molecule has 3 aromatic rings. The zero-order valence-electron chi connectivity index (χ0n) is 18.0. The fraction of sp³-hybridized carbons (Fsp3) is 0.241. The van der Waals surface area contributed by atoms with Crippen LogP contribution in [-0.4, -0.2) is 11.7 Å². The Morgan fingerprint density at radius 3 is 2.00 bits per heavy atom. The van der Waals surface area contributed by atoms with Gasteiger partial charge in [-0.1, -0.05) is 99.7 Å². The maximum Gasteiger partial charge on any atom is 0.0471 e. The van der Waals surface area contributed by atoms with Crippen LogP contribution in [0.2, 0.25) is 0 Å². The van der Waals surface area contributed by atoms with Crippen LogP contribution in [0, 0.1) is 0 Å². The Morgan fingerprint density at radius 1 is 0.733 bits per heavy atom. The van der Waals surface area contributed by atoms with E-state index >= 15 is 0 Å². The maximum atomic E-state index is 9.21. The molecule has 30 heavy (non-hydrogen) atoms. The number of unbranched alkanes of at least 4 members (excludes halogenated alkanes) is 2. The molecule has 0 aromatic heterocycles. The molecule has 0 aliphatic heterocycles. The molecule has 162 valence electrons. The molecule has 1 nitrogen and oxygen atoms in total. The number of hydrogen-bond acceptors (Lipinski definition) is 1. The van der Waals surface area contributed by atoms with Crippen LogP contribution in [-0.2, 0) is 12.8 Å². The maximum absolute atomic E-state index is 9.21. The number of rotatable bonds is 10. The van der Waals surface area contributed by atoms with E-state index in [1.165, 1.54) is 36.0 Å². The van der Waals surface area contributed by atoms with Crippen molar-refractivity contribution >= 4 is 12.2 Å². The molecule has 0 spiro atoms. The quantitative estimate of drug-likeness (QED) is 0.335. The van der Waals surface area contributed by atoms with Crippen LogP contribution < -0.4 is 0 Å². The summed E-state index contributed by atoms with van der Waals surface area (Å²) < 4.78 is 0. The minimum Gasteiger partial charge on any atom is -0.396 e. The molecule has 0 bridgehead atoms. The molecule has 0 amide bonds. The van der Waals surface area contributed by atoms with Gasteiger partial charge < -0.3 is 5.11 Å². The van der Waals surface area contributed by atoms with Crippen LogP contribution in [0.15, 0.2) is 73.8 Å². The highest BCUT2D eigenvalue weighted by Gasteiger charge is 2.09. The predicted molar refractivity (Wildman–Crippen MR) is 140 cm³/mol. The van der Waals surface area contributed by atoms with Gasteiger partial charge in [-0.2, -0.15) is 0 Å². The summed E-state index contributed by atoms with van der Waals surface area (Å²) in [5.74, 6) is 0. The molecule has 0 heterocycles. The van der Waals surface area contributed by atoms with Crippen LogP contribution in [0.3, 0.4) is 0 Å². The lowest BCUT2D eigenvalue weighted by Gasteiger charge is -2.13. The smallest absolute Gasteiger partial charge is 0.0471 e. The minimum atomic E-state index is 0. The molecule has 3 aromatic carbocycles. The van der Waals surface area contributed by atoms with Crippen molar-refractivity contribution in [2.45, 2.75) is 39.0 Å². The zero-order valence-corrected chi connectivity index (χ0v) is 18.0. The van der Waals surface area contributed by atoms with Gasteiger partial charge in [-0.25, -0.2) is 0 Å². The molecule has 1 N–H and O–H groups in total. The third-order valence-electron chi connectivity index (χ3n) is 5.65. The highest BCUT2D eigenvalue weighted by Crippen LogP contribution is 2.32. The first-order valence-electron chi connectivity index (χ1n) is 10.9. The molecule has 0 atom stereocenters. The Morgan fingerprint density at radius 2 is 1.33 bits per heavy atom. The predicted octanol–water partition coefficient (Wildman–Crippen LogP) is 8.56. The van der Waals surface area contributed by atoms with E-state index in [-0.39, 0.29) is 12.3 Å². The summed E-state index contributed by atoms with van der Waals surface area (Å²) in [4.78, 5) is 0. The monoisotopic (exact) mass is 404 g/mol. The zero-order chi connectivity index (χ0) is 21.3.